The van der Waals surface area contributed by atoms with Crippen LogP contribution in [0.5, 0.6) is 5.75 Å². The van der Waals surface area contributed by atoms with E-state index in [-0.39, 0.29) is 30.7 Å². The van der Waals surface area contributed by atoms with Crippen LogP contribution in [0.1, 0.15) is 24.8 Å². The average Bonchev–Trinajstić information content (AvgIpc) is 2.83. The quantitative estimate of drug-likeness (QED) is 0.896. The molecule has 1 aromatic rings. The molecule has 2 saturated heterocycles. The van der Waals surface area contributed by atoms with E-state index in [0.29, 0.717) is 25.2 Å². The van der Waals surface area contributed by atoms with Crippen molar-refractivity contribution in [1.82, 2.24) is 10.2 Å². The van der Waals surface area contributed by atoms with E-state index in [1.165, 1.54) is 12.1 Å². The lowest BCUT2D eigenvalue weighted by Gasteiger charge is -2.24. The number of benzene rings is 1. The summed E-state index contributed by atoms with van der Waals surface area (Å²) < 4.78 is 42.8. The number of carbonyl (C=O) groups is 1. The summed E-state index contributed by atoms with van der Waals surface area (Å²) in [5.74, 6) is 0.139. The number of fused-ring (bicyclic) bond motifs is 2. The van der Waals surface area contributed by atoms with E-state index in [0.717, 1.165) is 31.4 Å². The van der Waals surface area contributed by atoms with Crippen LogP contribution in [-0.2, 0) is 11.0 Å². The Morgan fingerprint density at radius 3 is 2.50 bits per heavy atom. The maximum atomic E-state index is 12.5. The van der Waals surface area contributed by atoms with E-state index < -0.39 is 11.7 Å². The summed E-state index contributed by atoms with van der Waals surface area (Å²) in [6.07, 6.45) is -1.20. The molecule has 0 aliphatic carbocycles. The third kappa shape index (κ3) is 4.54. The van der Waals surface area contributed by atoms with Crippen molar-refractivity contribution in [2.24, 2.45) is 0 Å². The topological polar surface area (TPSA) is 41.6 Å². The zero-order valence-electron chi connectivity index (χ0n) is 13.0. The molecule has 2 aliphatic rings. The molecule has 2 fully saturated rings. The maximum Gasteiger partial charge on any atom is 0.416 e. The van der Waals surface area contributed by atoms with E-state index in [1.807, 2.05) is 0 Å². The molecule has 1 amide bonds. The molecule has 8 heteroatoms. The number of ether oxygens (including phenoxy) is 1. The summed E-state index contributed by atoms with van der Waals surface area (Å²) >= 11 is 0. The molecule has 0 aromatic heterocycles. The molecule has 0 saturated carbocycles. The molecule has 1 N–H and O–H groups in total. The first kappa shape index (κ1) is 18.9. The number of carbonyl (C=O) groups excluding carboxylic acids is 1. The zero-order valence-corrected chi connectivity index (χ0v) is 13.8. The number of hydrogen-bond donors (Lipinski definition) is 1. The highest BCUT2D eigenvalue weighted by molar-refractivity contribution is 5.85. The third-order valence-electron chi connectivity index (χ3n) is 4.42. The number of rotatable bonds is 3. The number of amides is 1. The number of alkyl halides is 3. The van der Waals surface area contributed by atoms with Crippen molar-refractivity contribution < 1.29 is 22.7 Å². The Morgan fingerprint density at radius 1 is 1.17 bits per heavy atom. The second-order valence-electron chi connectivity index (χ2n) is 6.08. The number of nitrogens with one attached hydrogen (secondary N) is 1. The second kappa shape index (κ2) is 7.61. The van der Waals surface area contributed by atoms with E-state index >= 15 is 0 Å². The Balaban J connectivity index is 0.00000208. The number of hydrogen-bond acceptors (Lipinski definition) is 3. The molecule has 2 bridgehead atoms. The van der Waals surface area contributed by atoms with E-state index in [2.05, 4.69) is 5.32 Å². The summed E-state index contributed by atoms with van der Waals surface area (Å²) in [4.78, 5) is 14.0. The van der Waals surface area contributed by atoms with E-state index in [9.17, 15) is 18.0 Å². The lowest BCUT2D eigenvalue weighted by molar-refractivity contribution is -0.137. The van der Waals surface area contributed by atoms with Crippen LogP contribution in [0.3, 0.4) is 0 Å². The van der Waals surface area contributed by atoms with Crippen LogP contribution in [0, 0.1) is 0 Å². The largest absolute Gasteiger partial charge is 0.484 e. The smallest absolute Gasteiger partial charge is 0.416 e. The van der Waals surface area contributed by atoms with Gasteiger partial charge in [0.05, 0.1) is 5.56 Å². The van der Waals surface area contributed by atoms with Crippen LogP contribution in [0.15, 0.2) is 24.3 Å². The maximum absolute atomic E-state index is 12.5. The number of halogens is 4. The normalized spacial score (nSPS) is 23.4. The highest BCUT2D eigenvalue weighted by Gasteiger charge is 2.31. The Kier molecular flexibility index (Phi) is 5.98. The minimum Gasteiger partial charge on any atom is -0.484 e. The summed E-state index contributed by atoms with van der Waals surface area (Å²) in [7, 11) is 0. The Labute approximate surface area is 144 Å². The van der Waals surface area contributed by atoms with Gasteiger partial charge in [-0.05, 0) is 43.5 Å². The molecule has 2 atom stereocenters. The summed E-state index contributed by atoms with van der Waals surface area (Å²) in [5, 5.41) is 3.49. The number of likely N-dealkylation sites (tertiary alicyclic amines) is 1. The van der Waals surface area contributed by atoms with Crippen molar-refractivity contribution in [1.29, 1.82) is 0 Å². The Hall–Kier alpha value is -1.47. The van der Waals surface area contributed by atoms with Gasteiger partial charge in [0.25, 0.3) is 5.91 Å². The van der Waals surface area contributed by atoms with Crippen molar-refractivity contribution in [3.63, 3.8) is 0 Å². The van der Waals surface area contributed by atoms with Crippen LogP contribution >= 0.6 is 12.4 Å². The standard InChI is InChI=1S/C16H19F3N2O2.ClH/c17-16(18,19)11-1-5-14(6-2-11)23-10-15(22)21-8-7-12-3-4-13(9-21)20-12;/h1-2,5-6,12-13,20H,3-4,7-10H2;1H. The average molecular weight is 365 g/mol. The van der Waals surface area contributed by atoms with E-state index in [4.69, 9.17) is 4.74 Å². The first-order valence-electron chi connectivity index (χ1n) is 7.76. The Bertz CT molecular complexity index is 565. The van der Waals surface area contributed by atoms with Crippen LogP contribution < -0.4 is 10.1 Å². The predicted octanol–water partition coefficient (Wildman–Crippen LogP) is 2.86. The van der Waals surface area contributed by atoms with Gasteiger partial charge in [-0.25, -0.2) is 0 Å². The van der Waals surface area contributed by atoms with Gasteiger partial charge in [0.1, 0.15) is 5.75 Å². The molecule has 24 heavy (non-hydrogen) atoms. The van der Waals surface area contributed by atoms with Crippen LogP contribution in [-0.4, -0.2) is 42.6 Å². The highest BCUT2D eigenvalue weighted by Crippen LogP contribution is 2.30. The van der Waals surface area contributed by atoms with Gasteiger partial charge in [0, 0.05) is 25.2 Å². The van der Waals surface area contributed by atoms with Crippen molar-refractivity contribution in [2.75, 3.05) is 19.7 Å². The first-order chi connectivity index (χ1) is 10.9. The van der Waals surface area contributed by atoms with Gasteiger partial charge in [-0.2, -0.15) is 13.2 Å². The fourth-order valence-corrected chi connectivity index (χ4v) is 3.15. The first-order valence-corrected chi connectivity index (χ1v) is 7.76. The molecule has 2 aliphatic heterocycles. The molecule has 0 radical (unpaired) electrons. The molecular weight excluding hydrogens is 345 g/mol. The van der Waals surface area contributed by atoms with Crippen molar-refractivity contribution in [3.8, 4) is 5.75 Å². The SMILES string of the molecule is Cl.O=C(COc1ccc(C(F)(F)F)cc1)N1CCC2CCC(C1)N2. The predicted molar refractivity (Wildman–Crippen MR) is 85.3 cm³/mol. The molecule has 134 valence electrons. The van der Waals surface area contributed by atoms with Gasteiger partial charge in [0.15, 0.2) is 6.61 Å². The lowest BCUT2D eigenvalue weighted by atomic mass is 10.1. The summed E-state index contributed by atoms with van der Waals surface area (Å²) in [6, 6.07) is 5.22. The second-order valence-corrected chi connectivity index (χ2v) is 6.08. The monoisotopic (exact) mass is 364 g/mol. The van der Waals surface area contributed by atoms with Crippen molar-refractivity contribution >= 4 is 18.3 Å². The fourth-order valence-electron chi connectivity index (χ4n) is 3.15. The molecule has 2 unspecified atom stereocenters. The minimum absolute atomic E-state index is 0. The fraction of sp³-hybridized carbons (Fsp3) is 0.562. The minimum atomic E-state index is -4.37. The zero-order chi connectivity index (χ0) is 16.4. The van der Waals surface area contributed by atoms with Gasteiger partial charge < -0.3 is 15.0 Å². The van der Waals surface area contributed by atoms with Crippen LogP contribution in [0.2, 0.25) is 0 Å². The third-order valence-corrected chi connectivity index (χ3v) is 4.42. The molecule has 3 rings (SSSR count). The summed E-state index contributed by atoms with van der Waals surface area (Å²) in [6.45, 7) is 1.22. The van der Waals surface area contributed by atoms with Crippen molar-refractivity contribution in [3.05, 3.63) is 29.8 Å². The lowest BCUT2D eigenvalue weighted by Crippen LogP contribution is -2.41. The van der Waals surface area contributed by atoms with Crippen molar-refractivity contribution in [2.45, 2.75) is 37.5 Å². The van der Waals surface area contributed by atoms with Gasteiger partial charge in [-0.15, -0.1) is 12.4 Å². The molecule has 1 aromatic carbocycles. The van der Waals surface area contributed by atoms with Crippen LogP contribution in [0.25, 0.3) is 0 Å². The van der Waals surface area contributed by atoms with Crippen LogP contribution in [0.4, 0.5) is 13.2 Å². The van der Waals surface area contributed by atoms with Gasteiger partial charge >= 0.3 is 6.18 Å². The highest BCUT2D eigenvalue weighted by atomic mass is 35.5. The molecule has 0 spiro atoms. The summed E-state index contributed by atoms with van der Waals surface area (Å²) in [5.41, 5.74) is -0.731. The molecule has 2 heterocycles. The van der Waals surface area contributed by atoms with E-state index in [1.54, 1.807) is 4.90 Å². The Morgan fingerprint density at radius 2 is 1.83 bits per heavy atom. The van der Waals surface area contributed by atoms with Gasteiger partial charge in [-0.1, -0.05) is 0 Å². The van der Waals surface area contributed by atoms with Gasteiger partial charge in [0.2, 0.25) is 0 Å². The molecular formula is C16H20ClF3N2O2. The van der Waals surface area contributed by atoms with Gasteiger partial charge in [-0.3, -0.25) is 4.79 Å². The molecule has 4 nitrogen and oxygen atoms in total. The number of nitrogens with zero attached hydrogens (tertiary/aromatic N) is 1.